The van der Waals surface area contributed by atoms with Crippen LogP contribution in [0.2, 0.25) is 0 Å². The monoisotopic (exact) mass is 450 g/mol. The minimum absolute atomic E-state index is 0.142. The number of aryl methyl sites for hydroxylation is 2. The minimum atomic E-state index is -0.497. The zero-order chi connectivity index (χ0) is 23.4. The van der Waals surface area contributed by atoms with E-state index in [-0.39, 0.29) is 17.1 Å². The van der Waals surface area contributed by atoms with Gasteiger partial charge in [0.05, 0.1) is 11.3 Å². The van der Waals surface area contributed by atoms with Crippen molar-refractivity contribution < 1.29 is 9.18 Å². The lowest BCUT2D eigenvalue weighted by Crippen LogP contribution is -2.45. The van der Waals surface area contributed by atoms with Crippen molar-refractivity contribution in [1.29, 1.82) is 0 Å². The van der Waals surface area contributed by atoms with Crippen LogP contribution in [0.1, 0.15) is 28.7 Å². The highest BCUT2D eigenvalue weighted by molar-refractivity contribution is 6.08. The van der Waals surface area contributed by atoms with Crippen molar-refractivity contribution in [3.05, 3.63) is 59.3 Å². The molecule has 2 aromatic heterocycles. The average Bonchev–Trinajstić information content (AvgIpc) is 2.82. The Morgan fingerprint density at radius 2 is 1.88 bits per heavy atom. The fourth-order valence-corrected chi connectivity index (χ4v) is 3.53. The standard InChI is InChI=1S/C23H27FN8O/c1-4-18-26-22(30-23(27-18)32-13-11-31(3)12-14-32)29-20-16(8-6-10-25-20)21(33)28-19-15(2)7-5-9-17(19)24/h5-10H,4,11-14H2,1-3H3,(H,28,33)(H,25,26,27,29,30). The third-order valence-electron chi connectivity index (χ3n) is 5.52. The number of hydrogen-bond acceptors (Lipinski definition) is 8. The molecule has 1 aliphatic heterocycles. The van der Waals surface area contributed by atoms with Gasteiger partial charge in [0.25, 0.3) is 5.91 Å². The number of amides is 1. The number of nitrogens with one attached hydrogen (secondary N) is 2. The van der Waals surface area contributed by atoms with Crippen LogP contribution in [0.3, 0.4) is 0 Å². The summed E-state index contributed by atoms with van der Waals surface area (Å²) in [4.78, 5) is 35.3. The first-order chi connectivity index (χ1) is 15.9. The molecule has 1 aromatic carbocycles. The van der Waals surface area contributed by atoms with Crippen LogP contribution in [-0.2, 0) is 6.42 Å². The number of carbonyl (C=O) groups is 1. The van der Waals surface area contributed by atoms with Gasteiger partial charge in [-0.25, -0.2) is 9.37 Å². The number of benzene rings is 1. The minimum Gasteiger partial charge on any atom is -0.338 e. The number of para-hydroxylation sites is 1. The highest BCUT2D eigenvalue weighted by atomic mass is 19.1. The maximum Gasteiger partial charge on any atom is 0.259 e. The van der Waals surface area contributed by atoms with Gasteiger partial charge >= 0.3 is 0 Å². The molecule has 1 fully saturated rings. The molecule has 0 radical (unpaired) electrons. The fraction of sp³-hybridized carbons (Fsp3) is 0.348. The lowest BCUT2D eigenvalue weighted by molar-refractivity contribution is 0.102. The molecule has 3 heterocycles. The van der Waals surface area contributed by atoms with Crippen LogP contribution in [0.25, 0.3) is 0 Å². The molecule has 4 rings (SSSR count). The van der Waals surface area contributed by atoms with E-state index in [1.165, 1.54) is 6.07 Å². The Bertz CT molecular complexity index is 1130. The second-order valence-corrected chi connectivity index (χ2v) is 7.93. The van der Waals surface area contributed by atoms with Crippen molar-refractivity contribution in [3.63, 3.8) is 0 Å². The van der Waals surface area contributed by atoms with Gasteiger partial charge in [0, 0.05) is 38.8 Å². The van der Waals surface area contributed by atoms with Gasteiger partial charge in [0.15, 0.2) is 0 Å². The second kappa shape index (κ2) is 9.86. The van der Waals surface area contributed by atoms with Gasteiger partial charge in [-0.3, -0.25) is 4.79 Å². The lowest BCUT2D eigenvalue weighted by atomic mass is 10.1. The van der Waals surface area contributed by atoms with Gasteiger partial charge in [0.2, 0.25) is 11.9 Å². The van der Waals surface area contributed by atoms with Gasteiger partial charge in [-0.2, -0.15) is 15.0 Å². The molecule has 3 aromatic rings. The van der Waals surface area contributed by atoms with Gasteiger partial charge in [0.1, 0.15) is 17.5 Å². The van der Waals surface area contributed by atoms with E-state index < -0.39 is 11.7 Å². The molecule has 1 saturated heterocycles. The number of likely N-dealkylation sites (N-methyl/N-ethyl adjacent to an activating group) is 1. The number of nitrogens with zero attached hydrogens (tertiary/aromatic N) is 6. The first-order valence-electron chi connectivity index (χ1n) is 10.9. The second-order valence-electron chi connectivity index (χ2n) is 7.93. The molecule has 33 heavy (non-hydrogen) atoms. The Morgan fingerprint density at radius 1 is 1.09 bits per heavy atom. The largest absolute Gasteiger partial charge is 0.338 e. The van der Waals surface area contributed by atoms with Crippen LogP contribution in [0.5, 0.6) is 0 Å². The van der Waals surface area contributed by atoms with Crippen molar-refractivity contribution in [2.75, 3.05) is 48.8 Å². The molecular formula is C23H27FN8O. The van der Waals surface area contributed by atoms with Crippen LogP contribution in [-0.4, -0.2) is 64.0 Å². The number of anilines is 4. The molecule has 0 bridgehead atoms. The van der Waals surface area contributed by atoms with Crippen molar-refractivity contribution >= 4 is 29.3 Å². The van der Waals surface area contributed by atoms with Crippen LogP contribution in [0.4, 0.5) is 27.8 Å². The molecule has 172 valence electrons. The third kappa shape index (κ3) is 5.23. The highest BCUT2D eigenvalue weighted by Crippen LogP contribution is 2.23. The zero-order valence-corrected chi connectivity index (χ0v) is 19.0. The fourth-order valence-electron chi connectivity index (χ4n) is 3.53. The Balaban J connectivity index is 1.60. The van der Waals surface area contributed by atoms with Gasteiger partial charge in [-0.15, -0.1) is 0 Å². The van der Waals surface area contributed by atoms with E-state index in [1.54, 1.807) is 37.4 Å². The van der Waals surface area contributed by atoms with Crippen molar-refractivity contribution in [3.8, 4) is 0 Å². The number of carbonyl (C=O) groups excluding carboxylic acids is 1. The number of aromatic nitrogens is 4. The Labute approximate surface area is 192 Å². The first kappa shape index (κ1) is 22.5. The Hall–Kier alpha value is -3.66. The molecule has 0 atom stereocenters. The maximum atomic E-state index is 14.2. The highest BCUT2D eigenvalue weighted by Gasteiger charge is 2.20. The summed E-state index contributed by atoms with van der Waals surface area (Å²) in [5, 5.41) is 5.72. The maximum absolute atomic E-state index is 14.2. The molecule has 2 N–H and O–H groups in total. The van der Waals surface area contributed by atoms with Crippen molar-refractivity contribution in [2.24, 2.45) is 0 Å². The average molecular weight is 451 g/mol. The molecule has 10 heteroatoms. The van der Waals surface area contributed by atoms with E-state index in [0.29, 0.717) is 29.7 Å². The van der Waals surface area contributed by atoms with E-state index in [9.17, 15) is 9.18 Å². The third-order valence-corrected chi connectivity index (χ3v) is 5.52. The van der Waals surface area contributed by atoms with E-state index in [1.807, 2.05) is 6.92 Å². The normalized spacial score (nSPS) is 14.2. The quantitative estimate of drug-likeness (QED) is 0.591. The molecule has 1 amide bonds. The summed E-state index contributed by atoms with van der Waals surface area (Å²) in [6, 6.07) is 7.90. The van der Waals surface area contributed by atoms with Crippen LogP contribution >= 0.6 is 0 Å². The first-order valence-corrected chi connectivity index (χ1v) is 10.9. The molecule has 0 spiro atoms. The molecular weight excluding hydrogens is 423 g/mol. The Kier molecular flexibility index (Phi) is 6.74. The van der Waals surface area contributed by atoms with E-state index in [0.717, 1.165) is 26.2 Å². The van der Waals surface area contributed by atoms with E-state index >= 15 is 0 Å². The molecule has 0 saturated carbocycles. The molecule has 0 aliphatic carbocycles. The molecule has 0 unspecified atom stereocenters. The Morgan fingerprint density at radius 3 is 2.61 bits per heavy atom. The summed E-state index contributed by atoms with van der Waals surface area (Å²) < 4.78 is 14.2. The predicted molar refractivity (Wildman–Crippen MR) is 126 cm³/mol. The van der Waals surface area contributed by atoms with E-state index in [4.69, 9.17) is 0 Å². The van der Waals surface area contributed by atoms with Crippen molar-refractivity contribution in [1.82, 2.24) is 24.8 Å². The number of halogens is 1. The van der Waals surface area contributed by atoms with Crippen LogP contribution in [0, 0.1) is 12.7 Å². The van der Waals surface area contributed by atoms with Crippen LogP contribution < -0.4 is 15.5 Å². The van der Waals surface area contributed by atoms with E-state index in [2.05, 4.69) is 47.4 Å². The number of piperazine rings is 1. The summed E-state index contributed by atoms with van der Waals surface area (Å²) in [6.07, 6.45) is 2.21. The smallest absolute Gasteiger partial charge is 0.259 e. The summed E-state index contributed by atoms with van der Waals surface area (Å²) in [5.41, 5.74) is 1.02. The van der Waals surface area contributed by atoms with Crippen LogP contribution in [0.15, 0.2) is 36.5 Å². The van der Waals surface area contributed by atoms with Crippen molar-refractivity contribution in [2.45, 2.75) is 20.3 Å². The summed E-state index contributed by atoms with van der Waals surface area (Å²) in [6.45, 7) is 7.21. The van der Waals surface area contributed by atoms with Gasteiger partial charge in [-0.05, 0) is 37.7 Å². The molecule has 9 nitrogen and oxygen atoms in total. The summed E-state index contributed by atoms with van der Waals surface area (Å²) in [5.74, 6) is 0.852. The van der Waals surface area contributed by atoms with Gasteiger partial charge < -0.3 is 20.4 Å². The summed E-state index contributed by atoms with van der Waals surface area (Å²) in [7, 11) is 2.09. The number of pyridine rings is 1. The van der Waals surface area contributed by atoms with Gasteiger partial charge in [-0.1, -0.05) is 19.1 Å². The topological polar surface area (TPSA) is 99.2 Å². The SMILES string of the molecule is CCc1nc(Nc2ncccc2C(=O)Nc2c(C)cccc2F)nc(N2CCN(C)CC2)n1. The molecule has 1 aliphatic rings. The lowest BCUT2D eigenvalue weighted by Gasteiger charge is -2.32. The zero-order valence-electron chi connectivity index (χ0n) is 19.0. The summed E-state index contributed by atoms with van der Waals surface area (Å²) >= 11 is 0. The number of hydrogen-bond donors (Lipinski definition) is 2. The predicted octanol–water partition coefficient (Wildman–Crippen LogP) is 3.02. The number of rotatable bonds is 6.